The van der Waals surface area contributed by atoms with Crippen LogP contribution in [0, 0.1) is 11.7 Å². The predicted octanol–water partition coefficient (Wildman–Crippen LogP) is 2.98. The van der Waals surface area contributed by atoms with Crippen LogP contribution < -0.4 is 0 Å². The van der Waals surface area contributed by atoms with Gasteiger partial charge in [0.1, 0.15) is 5.82 Å². The van der Waals surface area contributed by atoms with Crippen molar-refractivity contribution in [2.24, 2.45) is 5.92 Å². The van der Waals surface area contributed by atoms with Crippen molar-refractivity contribution in [1.29, 1.82) is 0 Å². The van der Waals surface area contributed by atoms with Crippen LogP contribution in [0.3, 0.4) is 0 Å². The zero-order valence-electron chi connectivity index (χ0n) is 10.8. The summed E-state index contributed by atoms with van der Waals surface area (Å²) in [5, 5.41) is 0. The molecule has 0 N–H and O–H groups in total. The Morgan fingerprint density at radius 3 is 2.94 bits per heavy atom. The van der Waals surface area contributed by atoms with E-state index in [1.54, 1.807) is 12.1 Å². The second-order valence-corrected chi connectivity index (χ2v) is 6.01. The molecule has 1 unspecified atom stereocenters. The maximum atomic E-state index is 13.5. The molecular formula is C15H20FN. The summed E-state index contributed by atoms with van der Waals surface area (Å²) in [7, 11) is 2.22. The summed E-state index contributed by atoms with van der Waals surface area (Å²) in [6, 6.07) is 5.98. The van der Waals surface area contributed by atoms with Crippen molar-refractivity contribution in [2.75, 3.05) is 13.6 Å². The molecule has 1 aromatic rings. The lowest BCUT2D eigenvalue weighted by Gasteiger charge is -2.53. The van der Waals surface area contributed by atoms with Gasteiger partial charge in [0.25, 0.3) is 0 Å². The maximum Gasteiger partial charge on any atom is 0.123 e. The number of rotatable bonds is 0. The molecule has 2 heteroatoms. The minimum Gasteiger partial charge on any atom is -0.303 e. The summed E-state index contributed by atoms with van der Waals surface area (Å²) in [6.07, 6.45) is 2.21. The zero-order chi connectivity index (χ0) is 12.2. The van der Waals surface area contributed by atoms with E-state index in [4.69, 9.17) is 0 Å². The molecule has 1 fully saturated rings. The first-order chi connectivity index (χ1) is 8.02. The van der Waals surface area contributed by atoms with E-state index in [9.17, 15) is 4.39 Å². The topological polar surface area (TPSA) is 3.24 Å². The van der Waals surface area contributed by atoms with Crippen LogP contribution in [-0.4, -0.2) is 24.5 Å². The molecule has 0 aromatic heterocycles. The van der Waals surface area contributed by atoms with Crippen molar-refractivity contribution in [3.63, 3.8) is 0 Å². The van der Waals surface area contributed by atoms with E-state index in [2.05, 4.69) is 25.8 Å². The summed E-state index contributed by atoms with van der Waals surface area (Å²) < 4.78 is 13.5. The molecule has 0 spiro atoms. The SMILES string of the molecule is CC1[C@@H]2Cc3ccc(F)cc3[C@@]1(C)CCN2C. The number of nitrogens with zero attached hydrogens (tertiary/aromatic N) is 1. The normalized spacial score (nSPS) is 36.7. The van der Waals surface area contributed by atoms with Gasteiger partial charge in [-0.05, 0) is 61.0 Å². The van der Waals surface area contributed by atoms with E-state index in [0.29, 0.717) is 12.0 Å². The summed E-state index contributed by atoms with van der Waals surface area (Å²) in [5.74, 6) is 0.519. The van der Waals surface area contributed by atoms with Gasteiger partial charge in [-0.2, -0.15) is 0 Å². The lowest BCUT2D eigenvalue weighted by atomic mass is 9.59. The Morgan fingerprint density at radius 2 is 2.18 bits per heavy atom. The summed E-state index contributed by atoms with van der Waals surface area (Å²) in [4.78, 5) is 2.47. The minimum absolute atomic E-state index is 0.0884. The maximum absolute atomic E-state index is 13.5. The average Bonchev–Trinajstić information content (AvgIpc) is 2.30. The van der Waals surface area contributed by atoms with Crippen molar-refractivity contribution >= 4 is 0 Å². The molecule has 1 aliphatic carbocycles. The Hall–Kier alpha value is -0.890. The van der Waals surface area contributed by atoms with E-state index in [1.807, 2.05) is 6.07 Å². The molecule has 92 valence electrons. The highest BCUT2D eigenvalue weighted by molar-refractivity contribution is 5.40. The minimum atomic E-state index is -0.0884. The quantitative estimate of drug-likeness (QED) is 0.666. The second-order valence-electron chi connectivity index (χ2n) is 6.01. The number of likely N-dealkylation sites (tertiary alicyclic amines) is 1. The van der Waals surface area contributed by atoms with Crippen LogP contribution in [0.15, 0.2) is 18.2 Å². The fourth-order valence-electron chi connectivity index (χ4n) is 3.80. The summed E-state index contributed by atoms with van der Waals surface area (Å²) in [6.45, 7) is 5.77. The molecule has 1 heterocycles. The second kappa shape index (κ2) is 3.55. The Kier molecular flexibility index (Phi) is 2.34. The molecule has 1 nitrogen and oxygen atoms in total. The van der Waals surface area contributed by atoms with E-state index in [1.165, 1.54) is 11.1 Å². The van der Waals surface area contributed by atoms with E-state index in [0.717, 1.165) is 19.4 Å². The number of hydrogen-bond acceptors (Lipinski definition) is 1. The van der Waals surface area contributed by atoms with Gasteiger partial charge < -0.3 is 4.90 Å². The zero-order valence-corrected chi connectivity index (χ0v) is 10.8. The van der Waals surface area contributed by atoms with Gasteiger partial charge in [0.2, 0.25) is 0 Å². The first-order valence-electron chi connectivity index (χ1n) is 6.51. The van der Waals surface area contributed by atoms with Gasteiger partial charge >= 0.3 is 0 Å². The van der Waals surface area contributed by atoms with Gasteiger partial charge in [-0.15, -0.1) is 0 Å². The van der Waals surface area contributed by atoms with Crippen LogP contribution in [0.25, 0.3) is 0 Å². The molecule has 17 heavy (non-hydrogen) atoms. The number of hydrogen-bond donors (Lipinski definition) is 0. The van der Waals surface area contributed by atoms with E-state index < -0.39 is 0 Å². The molecule has 2 aliphatic rings. The first-order valence-corrected chi connectivity index (χ1v) is 6.51. The van der Waals surface area contributed by atoms with Gasteiger partial charge in [0.05, 0.1) is 0 Å². The van der Waals surface area contributed by atoms with Crippen LogP contribution in [0.2, 0.25) is 0 Å². The number of likely N-dealkylation sites (N-methyl/N-ethyl adjacent to an activating group) is 1. The van der Waals surface area contributed by atoms with E-state index in [-0.39, 0.29) is 11.2 Å². The average molecular weight is 233 g/mol. The highest BCUT2D eigenvalue weighted by Crippen LogP contribution is 2.48. The Bertz CT molecular complexity index is 456. The Morgan fingerprint density at radius 1 is 1.41 bits per heavy atom. The third-order valence-electron chi connectivity index (χ3n) is 5.25. The van der Waals surface area contributed by atoms with Crippen molar-refractivity contribution in [3.8, 4) is 0 Å². The number of fused-ring (bicyclic) bond motifs is 4. The molecule has 1 aliphatic heterocycles. The van der Waals surface area contributed by atoms with E-state index >= 15 is 0 Å². The van der Waals surface area contributed by atoms with Gasteiger partial charge in [-0.3, -0.25) is 0 Å². The summed E-state index contributed by atoms with van der Waals surface area (Å²) in [5.41, 5.74) is 2.77. The van der Waals surface area contributed by atoms with Crippen LogP contribution in [-0.2, 0) is 11.8 Å². The summed E-state index contributed by atoms with van der Waals surface area (Å²) >= 11 is 0. The molecule has 2 bridgehead atoms. The number of benzene rings is 1. The van der Waals surface area contributed by atoms with Crippen molar-refractivity contribution in [1.82, 2.24) is 4.90 Å². The molecule has 1 saturated heterocycles. The Balaban J connectivity index is 2.16. The Labute approximate surface area is 103 Å². The van der Waals surface area contributed by atoms with Gasteiger partial charge in [0.15, 0.2) is 0 Å². The van der Waals surface area contributed by atoms with Crippen LogP contribution >= 0.6 is 0 Å². The third kappa shape index (κ3) is 1.46. The monoisotopic (exact) mass is 233 g/mol. The lowest BCUT2D eigenvalue weighted by Crippen LogP contribution is -2.56. The molecule has 0 saturated carbocycles. The molecule has 1 aromatic carbocycles. The van der Waals surface area contributed by atoms with Crippen molar-refractivity contribution in [3.05, 3.63) is 35.1 Å². The predicted molar refractivity (Wildman–Crippen MR) is 67.7 cm³/mol. The van der Waals surface area contributed by atoms with Crippen LogP contribution in [0.4, 0.5) is 4.39 Å². The molecular weight excluding hydrogens is 213 g/mol. The highest BCUT2D eigenvalue weighted by Gasteiger charge is 2.47. The number of piperidine rings is 1. The lowest BCUT2D eigenvalue weighted by molar-refractivity contribution is 0.0505. The smallest absolute Gasteiger partial charge is 0.123 e. The molecule has 3 rings (SSSR count). The molecule has 0 radical (unpaired) electrons. The van der Waals surface area contributed by atoms with Crippen molar-refractivity contribution < 1.29 is 4.39 Å². The van der Waals surface area contributed by atoms with Gasteiger partial charge in [-0.1, -0.05) is 19.9 Å². The van der Waals surface area contributed by atoms with Crippen LogP contribution in [0.1, 0.15) is 31.4 Å². The molecule has 0 amide bonds. The van der Waals surface area contributed by atoms with Gasteiger partial charge in [0, 0.05) is 6.04 Å². The van der Waals surface area contributed by atoms with Crippen LogP contribution in [0.5, 0.6) is 0 Å². The number of halogens is 1. The fourth-order valence-corrected chi connectivity index (χ4v) is 3.80. The highest BCUT2D eigenvalue weighted by atomic mass is 19.1. The largest absolute Gasteiger partial charge is 0.303 e. The fraction of sp³-hybridized carbons (Fsp3) is 0.600. The van der Waals surface area contributed by atoms with Crippen molar-refractivity contribution in [2.45, 2.75) is 38.1 Å². The molecule has 3 atom stereocenters. The van der Waals surface area contributed by atoms with Gasteiger partial charge in [-0.25, -0.2) is 4.39 Å². The third-order valence-corrected chi connectivity index (χ3v) is 5.25. The standard InChI is InChI=1S/C15H20FN/c1-10-14-8-11-4-5-12(16)9-13(11)15(10,2)6-7-17(14)3/h4-5,9-10,14H,6-8H2,1-3H3/t10?,14-,15-/m0/s1. The first kappa shape index (κ1) is 11.2.